The average Bonchev–Trinajstić information content (AvgIpc) is 3.04. The van der Waals surface area contributed by atoms with Crippen molar-refractivity contribution in [3.8, 4) is 0 Å². The van der Waals surface area contributed by atoms with E-state index in [1.165, 1.54) is 11.3 Å². The Morgan fingerprint density at radius 2 is 2.00 bits per heavy atom. The van der Waals surface area contributed by atoms with Gasteiger partial charge in [0.15, 0.2) is 0 Å². The summed E-state index contributed by atoms with van der Waals surface area (Å²) in [5.41, 5.74) is 3.60. The van der Waals surface area contributed by atoms with Gasteiger partial charge in [0.1, 0.15) is 0 Å². The fourth-order valence-corrected chi connectivity index (χ4v) is 3.60. The van der Waals surface area contributed by atoms with Crippen molar-refractivity contribution in [1.29, 1.82) is 0 Å². The molecule has 2 aliphatic heterocycles. The maximum absolute atomic E-state index is 12.5. The Kier molecular flexibility index (Phi) is 4.81. The van der Waals surface area contributed by atoms with Crippen LogP contribution in [0.4, 0.5) is 0 Å². The number of piperazine rings is 1. The first-order chi connectivity index (χ1) is 12.3. The van der Waals surface area contributed by atoms with Crippen LogP contribution in [0.15, 0.2) is 36.4 Å². The van der Waals surface area contributed by atoms with Crippen LogP contribution in [0.5, 0.6) is 0 Å². The topological polar surface area (TPSA) is 53.4 Å². The van der Waals surface area contributed by atoms with Crippen molar-refractivity contribution in [2.24, 2.45) is 0 Å². The molecule has 3 heterocycles. The Morgan fingerprint density at radius 3 is 2.80 bits per heavy atom. The van der Waals surface area contributed by atoms with E-state index in [9.17, 15) is 4.79 Å². The van der Waals surface area contributed by atoms with E-state index in [0.717, 1.165) is 57.9 Å². The van der Waals surface area contributed by atoms with E-state index in [2.05, 4.69) is 50.3 Å². The van der Waals surface area contributed by atoms with Crippen molar-refractivity contribution in [2.45, 2.75) is 26.1 Å². The largest absolute Gasteiger partial charge is 0.340 e. The lowest BCUT2D eigenvalue weighted by atomic mass is 10.1. The Balaban J connectivity index is 1.29. The van der Waals surface area contributed by atoms with Crippen LogP contribution in [0.25, 0.3) is 0 Å². The molecule has 4 rings (SSSR count). The zero-order valence-electron chi connectivity index (χ0n) is 14.5. The molecule has 0 saturated carbocycles. The fraction of sp³-hybridized carbons (Fsp3) is 0.474. The molecule has 1 aromatic heterocycles. The average molecular weight is 339 g/mol. The zero-order chi connectivity index (χ0) is 17.1. The predicted octanol–water partition coefficient (Wildman–Crippen LogP) is 0.873. The second-order valence-electron chi connectivity index (χ2n) is 6.85. The third kappa shape index (κ3) is 3.91. The number of fused-ring (bicyclic) bond motifs is 1. The van der Waals surface area contributed by atoms with Crippen molar-refractivity contribution in [3.63, 3.8) is 0 Å². The van der Waals surface area contributed by atoms with Crippen LogP contribution in [0, 0.1) is 0 Å². The lowest BCUT2D eigenvalue weighted by Gasteiger charge is -2.34. The van der Waals surface area contributed by atoms with Crippen molar-refractivity contribution < 1.29 is 4.79 Å². The number of carbonyl (C=O) groups is 1. The minimum atomic E-state index is 0.229. The number of nitrogens with one attached hydrogen (secondary N) is 1. The molecule has 1 N–H and O–H groups in total. The predicted molar refractivity (Wildman–Crippen MR) is 95.9 cm³/mol. The smallest absolute Gasteiger partial charge is 0.236 e. The summed E-state index contributed by atoms with van der Waals surface area (Å²) in [6.07, 6.45) is 0.924. The van der Waals surface area contributed by atoms with Gasteiger partial charge in [0.05, 0.1) is 24.5 Å². The van der Waals surface area contributed by atoms with E-state index in [1.54, 1.807) is 0 Å². The van der Waals surface area contributed by atoms with Gasteiger partial charge in [-0.15, -0.1) is 0 Å². The molecule has 0 unspecified atom stereocenters. The molecule has 0 aliphatic carbocycles. The van der Waals surface area contributed by atoms with E-state index in [0.29, 0.717) is 6.54 Å². The Bertz CT molecular complexity index is 703. The third-order valence-corrected chi connectivity index (χ3v) is 5.02. The van der Waals surface area contributed by atoms with Gasteiger partial charge >= 0.3 is 0 Å². The Morgan fingerprint density at radius 1 is 1.12 bits per heavy atom. The van der Waals surface area contributed by atoms with Crippen molar-refractivity contribution in [3.05, 3.63) is 53.3 Å². The summed E-state index contributed by atoms with van der Waals surface area (Å²) >= 11 is 0. The minimum Gasteiger partial charge on any atom is -0.340 e. The maximum atomic E-state index is 12.5. The van der Waals surface area contributed by atoms with E-state index in [1.807, 2.05) is 11.0 Å². The number of amides is 1. The van der Waals surface area contributed by atoms with Gasteiger partial charge in [0, 0.05) is 39.3 Å². The van der Waals surface area contributed by atoms with Crippen LogP contribution in [0.1, 0.15) is 17.0 Å². The number of rotatable bonds is 5. The van der Waals surface area contributed by atoms with Gasteiger partial charge in [-0.1, -0.05) is 30.3 Å². The van der Waals surface area contributed by atoms with Gasteiger partial charge < -0.3 is 10.2 Å². The van der Waals surface area contributed by atoms with Gasteiger partial charge in [0.25, 0.3) is 0 Å². The Hall–Kier alpha value is -2.18. The van der Waals surface area contributed by atoms with Gasteiger partial charge in [-0.3, -0.25) is 14.4 Å². The molecule has 0 radical (unpaired) electrons. The maximum Gasteiger partial charge on any atom is 0.236 e. The van der Waals surface area contributed by atoms with Crippen LogP contribution >= 0.6 is 0 Å². The Labute approximate surface area is 148 Å². The molecule has 1 fully saturated rings. The van der Waals surface area contributed by atoms with Crippen molar-refractivity contribution in [1.82, 2.24) is 24.9 Å². The van der Waals surface area contributed by atoms with Crippen LogP contribution in [-0.4, -0.2) is 58.2 Å². The highest BCUT2D eigenvalue weighted by atomic mass is 16.2. The molecule has 0 bridgehead atoms. The summed E-state index contributed by atoms with van der Waals surface area (Å²) in [4.78, 5) is 16.7. The quantitative estimate of drug-likeness (QED) is 0.878. The molecule has 1 saturated heterocycles. The van der Waals surface area contributed by atoms with Crippen LogP contribution < -0.4 is 5.32 Å². The SMILES string of the molecule is O=C1CN(Cc2cc3n(n2)CCNC3)CCN1CCc1ccccc1. The molecule has 1 aromatic carbocycles. The molecule has 2 aliphatic rings. The fourth-order valence-electron chi connectivity index (χ4n) is 3.60. The van der Waals surface area contributed by atoms with E-state index in [4.69, 9.17) is 0 Å². The zero-order valence-corrected chi connectivity index (χ0v) is 14.5. The summed E-state index contributed by atoms with van der Waals surface area (Å²) in [6, 6.07) is 12.5. The number of benzene rings is 1. The first-order valence-electron chi connectivity index (χ1n) is 9.08. The second kappa shape index (κ2) is 7.37. The summed E-state index contributed by atoms with van der Waals surface area (Å²) in [7, 11) is 0. The van der Waals surface area contributed by atoms with E-state index < -0.39 is 0 Å². The standard InChI is InChI=1S/C19H25N5O/c25-19-15-22(14-17-12-18-13-20-7-9-24(18)21-17)10-11-23(19)8-6-16-4-2-1-3-5-16/h1-5,12,20H,6-11,13-15H2. The highest BCUT2D eigenvalue weighted by Gasteiger charge is 2.24. The third-order valence-electron chi connectivity index (χ3n) is 5.02. The highest BCUT2D eigenvalue weighted by molar-refractivity contribution is 5.79. The van der Waals surface area contributed by atoms with Crippen LogP contribution in [0.3, 0.4) is 0 Å². The molecule has 0 atom stereocenters. The van der Waals surface area contributed by atoms with Crippen molar-refractivity contribution in [2.75, 3.05) is 32.7 Å². The van der Waals surface area contributed by atoms with Crippen LogP contribution in [0.2, 0.25) is 0 Å². The molecule has 6 nitrogen and oxygen atoms in total. The molecular formula is C19H25N5O. The van der Waals surface area contributed by atoms with Crippen molar-refractivity contribution >= 4 is 5.91 Å². The molecule has 132 valence electrons. The lowest BCUT2D eigenvalue weighted by Crippen LogP contribution is -2.50. The number of hydrogen-bond acceptors (Lipinski definition) is 4. The molecular weight excluding hydrogens is 314 g/mol. The first-order valence-corrected chi connectivity index (χ1v) is 9.08. The molecule has 1 amide bonds. The molecule has 2 aromatic rings. The summed E-state index contributed by atoms with van der Waals surface area (Å²) < 4.78 is 2.09. The number of nitrogens with zero attached hydrogens (tertiary/aromatic N) is 4. The van der Waals surface area contributed by atoms with Gasteiger partial charge in [-0.2, -0.15) is 5.10 Å². The van der Waals surface area contributed by atoms with Crippen LogP contribution in [-0.2, 0) is 30.8 Å². The molecule has 0 spiro atoms. The van der Waals surface area contributed by atoms with E-state index in [-0.39, 0.29) is 5.91 Å². The normalized spacial score (nSPS) is 18.4. The first kappa shape index (κ1) is 16.3. The number of carbonyl (C=O) groups excluding carboxylic acids is 1. The number of hydrogen-bond donors (Lipinski definition) is 1. The molecule has 25 heavy (non-hydrogen) atoms. The lowest BCUT2D eigenvalue weighted by molar-refractivity contribution is -0.136. The summed E-state index contributed by atoms with van der Waals surface area (Å²) in [5, 5.41) is 8.04. The summed E-state index contributed by atoms with van der Waals surface area (Å²) in [6.45, 7) is 6.59. The van der Waals surface area contributed by atoms with Gasteiger partial charge in [-0.25, -0.2) is 0 Å². The van der Waals surface area contributed by atoms with Gasteiger partial charge in [-0.05, 0) is 18.1 Å². The second-order valence-corrected chi connectivity index (χ2v) is 6.85. The monoisotopic (exact) mass is 339 g/mol. The summed E-state index contributed by atoms with van der Waals surface area (Å²) in [5.74, 6) is 0.229. The number of aromatic nitrogens is 2. The minimum absolute atomic E-state index is 0.229. The molecule has 6 heteroatoms. The highest BCUT2D eigenvalue weighted by Crippen LogP contribution is 2.13. The van der Waals surface area contributed by atoms with E-state index >= 15 is 0 Å². The van der Waals surface area contributed by atoms with Gasteiger partial charge in [0.2, 0.25) is 5.91 Å².